The van der Waals surface area contributed by atoms with E-state index in [1.807, 2.05) is 0 Å². The van der Waals surface area contributed by atoms with Crippen LogP contribution in [0.2, 0.25) is 0 Å². The number of halogens is 1. The lowest BCUT2D eigenvalue weighted by Crippen LogP contribution is -2.45. The van der Waals surface area contributed by atoms with Crippen LogP contribution in [-0.2, 0) is 20.9 Å². The Hall–Kier alpha value is -1.67. The molecule has 0 aromatic carbocycles. The number of carbonyl (C=O) groups excluding carboxylic acids is 2. The van der Waals surface area contributed by atoms with Crippen LogP contribution in [-0.4, -0.2) is 35.1 Å². The Morgan fingerprint density at radius 1 is 1.50 bits per heavy atom. The number of ether oxygens (including phenoxy) is 2. The number of aromatic nitrogens is 1. The zero-order valence-electron chi connectivity index (χ0n) is 13.8. The molecule has 1 aromatic rings. The smallest absolute Gasteiger partial charge is 0.303 e. The highest BCUT2D eigenvalue weighted by Crippen LogP contribution is 2.47. The molecule has 1 N–H and O–H groups in total. The molecule has 132 valence electrons. The number of nitrogens with zero attached hydrogens (tertiary/aromatic N) is 1. The molecule has 2 heterocycles. The number of Topliss-reactive ketones (excluding diaryl/α,β-unsaturated/α-hetero) is 1. The maximum absolute atomic E-state index is 12.7. The zero-order valence-corrected chi connectivity index (χ0v) is 15.4. The van der Waals surface area contributed by atoms with Crippen molar-refractivity contribution in [2.75, 3.05) is 13.7 Å². The van der Waals surface area contributed by atoms with E-state index in [9.17, 15) is 14.4 Å². The summed E-state index contributed by atoms with van der Waals surface area (Å²) < 4.78 is 12.5. The summed E-state index contributed by atoms with van der Waals surface area (Å²) in [7, 11) is 1.36. The summed E-state index contributed by atoms with van der Waals surface area (Å²) in [4.78, 5) is 36.7. The Balaban J connectivity index is 2.71. The molecule has 7 nitrogen and oxygen atoms in total. The van der Waals surface area contributed by atoms with E-state index in [1.54, 1.807) is 11.5 Å². The molecule has 24 heavy (non-hydrogen) atoms. The Morgan fingerprint density at radius 2 is 2.17 bits per heavy atom. The number of ketones is 1. The van der Waals surface area contributed by atoms with Crippen molar-refractivity contribution in [1.29, 1.82) is 0 Å². The fourth-order valence-electron chi connectivity index (χ4n) is 3.07. The normalized spacial score (nSPS) is 22.9. The second kappa shape index (κ2) is 7.06. The van der Waals surface area contributed by atoms with E-state index in [-0.39, 0.29) is 34.6 Å². The third-order valence-corrected chi connectivity index (χ3v) is 4.92. The van der Waals surface area contributed by atoms with Gasteiger partial charge < -0.3 is 19.1 Å². The first-order chi connectivity index (χ1) is 11.3. The summed E-state index contributed by atoms with van der Waals surface area (Å²) in [6.45, 7) is 2.89. The van der Waals surface area contributed by atoms with E-state index < -0.39 is 17.5 Å². The molecule has 0 amide bonds. The van der Waals surface area contributed by atoms with E-state index in [1.165, 1.54) is 20.2 Å². The highest BCUT2D eigenvalue weighted by molar-refractivity contribution is 9.10. The lowest BCUT2D eigenvalue weighted by Gasteiger charge is -2.41. The third kappa shape index (κ3) is 3.12. The molecule has 0 saturated heterocycles. The second-order valence-corrected chi connectivity index (χ2v) is 6.86. The highest BCUT2D eigenvalue weighted by atomic mass is 79.9. The van der Waals surface area contributed by atoms with Gasteiger partial charge in [0.15, 0.2) is 17.6 Å². The first-order valence-electron chi connectivity index (χ1n) is 7.54. The molecule has 1 aliphatic heterocycles. The van der Waals surface area contributed by atoms with Gasteiger partial charge in [-0.15, -0.1) is 0 Å². The first kappa shape index (κ1) is 18.7. The third-order valence-electron chi connectivity index (χ3n) is 4.35. The molecule has 1 aromatic heterocycles. The molecule has 0 spiro atoms. The second-order valence-electron chi connectivity index (χ2n) is 6.01. The molecule has 0 radical (unpaired) electrons. The number of rotatable bonds is 5. The average Bonchev–Trinajstić information content (AvgIpc) is 2.52. The number of esters is 1. The maximum Gasteiger partial charge on any atom is 0.303 e. The van der Waals surface area contributed by atoms with Crippen molar-refractivity contribution in [3.63, 3.8) is 0 Å². The van der Waals surface area contributed by atoms with E-state index in [4.69, 9.17) is 14.6 Å². The summed E-state index contributed by atoms with van der Waals surface area (Å²) >= 11 is 3.16. The van der Waals surface area contributed by atoms with Crippen molar-refractivity contribution in [3.05, 3.63) is 26.6 Å². The van der Waals surface area contributed by atoms with Gasteiger partial charge in [0.25, 0.3) is 0 Å². The minimum absolute atomic E-state index is 0.0320. The molecule has 0 fully saturated rings. The number of methoxy groups -OCH3 is 1. The van der Waals surface area contributed by atoms with E-state index in [2.05, 4.69) is 15.9 Å². The Morgan fingerprint density at radius 3 is 2.71 bits per heavy atom. The molecular weight excluding hydrogens is 382 g/mol. The minimum atomic E-state index is -1.04. The van der Waals surface area contributed by atoms with Crippen LogP contribution >= 0.6 is 15.9 Å². The number of fused-ring (bicyclic) bond motifs is 1. The minimum Gasteiger partial charge on any atom is -0.491 e. The molecular formula is C16H20BrNO6. The van der Waals surface area contributed by atoms with Crippen LogP contribution in [0.5, 0.6) is 5.75 Å². The lowest BCUT2D eigenvalue weighted by molar-refractivity contribution is -0.162. The lowest BCUT2D eigenvalue weighted by atomic mass is 9.72. The molecule has 2 rings (SSSR count). The van der Waals surface area contributed by atoms with Crippen molar-refractivity contribution in [2.24, 2.45) is 5.41 Å². The summed E-state index contributed by atoms with van der Waals surface area (Å²) in [6, 6.07) is 0. The van der Waals surface area contributed by atoms with Crippen molar-refractivity contribution in [3.8, 4) is 5.75 Å². The van der Waals surface area contributed by atoms with Crippen molar-refractivity contribution in [2.45, 2.75) is 39.3 Å². The predicted molar refractivity (Wildman–Crippen MR) is 88.9 cm³/mol. The Bertz CT molecular complexity index is 728. The first-order valence-corrected chi connectivity index (χ1v) is 8.33. The van der Waals surface area contributed by atoms with E-state index in [0.29, 0.717) is 18.5 Å². The molecule has 1 aliphatic rings. The standard InChI is InChI=1S/C16H20BrNO6/c1-9(20)24-15-12-14(23-3)13(22)10(17)7-18(12)8-11(21)16(15,2)5-4-6-19/h7,15,19H,4-6,8H2,1-3H3. The number of aliphatic hydroxyl groups excluding tert-OH is 1. The van der Waals surface area contributed by atoms with Crippen LogP contribution in [0.1, 0.15) is 38.5 Å². The quantitative estimate of drug-likeness (QED) is 0.752. The molecule has 0 bridgehead atoms. The van der Waals surface area contributed by atoms with Gasteiger partial charge in [-0.2, -0.15) is 0 Å². The van der Waals surface area contributed by atoms with Crippen LogP contribution in [0.25, 0.3) is 0 Å². The van der Waals surface area contributed by atoms with Crippen molar-refractivity contribution >= 4 is 27.7 Å². The topological polar surface area (TPSA) is 94.8 Å². The summed E-state index contributed by atoms with van der Waals surface area (Å²) in [5.41, 5.74) is -1.05. The van der Waals surface area contributed by atoms with Gasteiger partial charge in [0.2, 0.25) is 5.43 Å². The van der Waals surface area contributed by atoms with Gasteiger partial charge in [0.05, 0.1) is 23.5 Å². The highest BCUT2D eigenvalue weighted by Gasteiger charge is 2.49. The molecule has 2 atom stereocenters. The number of carbonyl (C=O) groups is 2. The van der Waals surface area contributed by atoms with Crippen LogP contribution in [0, 0.1) is 5.41 Å². The van der Waals surface area contributed by atoms with Crippen LogP contribution in [0.3, 0.4) is 0 Å². The van der Waals surface area contributed by atoms with Crippen LogP contribution in [0.15, 0.2) is 15.5 Å². The van der Waals surface area contributed by atoms with Gasteiger partial charge in [0, 0.05) is 19.7 Å². The molecule has 0 aliphatic carbocycles. The number of aliphatic hydroxyl groups is 1. The van der Waals surface area contributed by atoms with Gasteiger partial charge in [-0.3, -0.25) is 14.4 Å². The molecule has 8 heteroatoms. The maximum atomic E-state index is 12.7. The Kier molecular flexibility index (Phi) is 5.49. The zero-order chi connectivity index (χ0) is 18.1. The SMILES string of the molecule is COc1c2n(cc(Br)c1=O)CC(=O)C(C)(CCCO)C2OC(C)=O. The summed E-state index contributed by atoms with van der Waals surface area (Å²) in [5, 5.41) is 9.14. The summed E-state index contributed by atoms with van der Waals surface area (Å²) in [5.74, 6) is -0.653. The predicted octanol–water partition coefficient (Wildman–Crippen LogP) is 1.59. The van der Waals surface area contributed by atoms with Gasteiger partial charge >= 0.3 is 5.97 Å². The number of pyridine rings is 1. The van der Waals surface area contributed by atoms with E-state index >= 15 is 0 Å². The number of hydrogen-bond acceptors (Lipinski definition) is 6. The van der Waals surface area contributed by atoms with E-state index in [0.717, 1.165) is 0 Å². The van der Waals surface area contributed by atoms with Crippen molar-refractivity contribution < 1.29 is 24.2 Å². The van der Waals surface area contributed by atoms with Gasteiger partial charge in [-0.25, -0.2) is 0 Å². The molecule has 2 unspecified atom stereocenters. The Labute approximate surface area is 147 Å². The average molecular weight is 402 g/mol. The van der Waals surface area contributed by atoms with Gasteiger partial charge in [0.1, 0.15) is 5.69 Å². The van der Waals surface area contributed by atoms with Gasteiger partial charge in [-0.1, -0.05) is 0 Å². The van der Waals surface area contributed by atoms with Crippen LogP contribution in [0.4, 0.5) is 0 Å². The largest absolute Gasteiger partial charge is 0.491 e. The van der Waals surface area contributed by atoms with Crippen molar-refractivity contribution in [1.82, 2.24) is 4.57 Å². The fourth-order valence-corrected chi connectivity index (χ4v) is 3.50. The summed E-state index contributed by atoms with van der Waals surface area (Å²) in [6.07, 6.45) is 1.25. The fraction of sp³-hybridized carbons (Fsp3) is 0.562. The van der Waals surface area contributed by atoms with Gasteiger partial charge in [-0.05, 0) is 35.7 Å². The molecule has 0 saturated carbocycles. The monoisotopic (exact) mass is 401 g/mol. The number of hydrogen-bond donors (Lipinski definition) is 1. The van der Waals surface area contributed by atoms with Crippen LogP contribution < -0.4 is 10.2 Å².